The summed E-state index contributed by atoms with van der Waals surface area (Å²) in [6, 6.07) is 1.99. The van der Waals surface area contributed by atoms with E-state index in [-0.39, 0.29) is 11.7 Å². The molecule has 3 N–H and O–H groups in total. The third kappa shape index (κ3) is 4.15. The van der Waals surface area contributed by atoms with E-state index >= 15 is 0 Å². The summed E-state index contributed by atoms with van der Waals surface area (Å²) < 4.78 is 40.9. The summed E-state index contributed by atoms with van der Waals surface area (Å²) in [6.07, 6.45) is 2.22. The molecule has 0 aliphatic rings. The van der Waals surface area contributed by atoms with Crippen LogP contribution in [0.25, 0.3) is 0 Å². The Morgan fingerprint density at radius 1 is 1.42 bits per heavy atom. The van der Waals surface area contributed by atoms with E-state index in [2.05, 4.69) is 20.7 Å². The Morgan fingerprint density at radius 2 is 2.05 bits per heavy atom. The molecule has 0 amide bonds. The van der Waals surface area contributed by atoms with Crippen molar-refractivity contribution in [2.75, 3.05) is 5.73 Å². The highest BCUT2D eigenvalue weighted by atomic mass is 79.9. The Hall–Kier alpha value is -0.660. The number of anilines is 1. The number of nitrogens with two attached hydrogens (primary N) is 1. The highest BCUT2D eigenvalue weighted by Gasteiger charge is 2.23. The molecule has 0 fully saturated rings. The van der Waals surface area contributed by atoms with Gasteiger partial charge >= 0.3 is 0 Å². The number of rotatable bonds is 6. The summed E-state index contributed by atoms with van der Waals surface area (Å²) in [5.74, 6) is -0.820. The molecule has 0 spiro atoms. The van der Waals surface area contributed by atoms with Gasteiger partial charge in [-0.15, -0.1) is 0 Å². The van der Waals surface area contributed by atoms with Crippen LogP contribution in [0.4, 0.5) is 10.1 Å². The zero-order chi connectivity index (χ0) is 14.6. The first kappa shape index (κ1) is 16.4. The van der Waals surface area contributed by atoms with Crippen molar-refractivity contribution in [3.8, 4) is 0 Å². The number of sulfonamides is 1. The summed E-state index contributed by atoms with van der Waals surface area (Å²) in [6.45, 7) is 3.85. The second kappa shape index (κ2) is 6.67. The fraction of sp³-hybridized carbons (Fsp3) is 0.500. The lowest BCUT2D eigenvalue weighted by atomic mass is 10.1. The zero-order valence-corrected chi connectivity index (χ0v) is 13.3. The van der Waals surface area contributed by atoms with Gasteiger partial charge in [-0.25, -0.2) is 17.5 Å². The van der Waals surface area contributed by atoms with Crippen LogP contribution in [0.5, 0.6) is 0 Å². The fourth-order valence-electron chi connectivity index (χ4n) is 1.73. The van der Waals surface area contributed by atoms with E-state index in [1.807, 2.05) is 13.8 Å². The first-order valence-corrected chi connectivity index (χ1v) is 8.36. The molecule has 1 rings (SSSR count). The van der Waals surface area contributed by atoms with Crippen molar-refractivity contribution in [3.05, 3.63) is 22.4 Å². The number of nitrogens with one attached hydrogen (secondary N) is 1. The summed E-state index contributed by atoms with van der Waals surface area (Å²) in [4.78, 5) is -0.414. The number of halogens is 2. The van der Waals surface area contributed by atoms with Gasteiger partial charge in [0.25, 0.3) is 0 Å². The van der Waals surface area contributed by atoms with Gasteiger partial charge in [0.15, 0.2) is 0 Å². The summed E-state index contributed by atoms with van der Waals surface area (Å²) in [5, 5.41) is 0. The van der Waals surface area contributed by atoms with Crippen molar-refractivity contribution in [2.45, 2.75) is 44.0 Å². The van der Waals surface area contributed by atoms with Gasteiger partial charge in [-0.05, 0) is 40.9 Å². The minimum Gasteiger partial charge on any atom is -0.398 e. The van der Waals surface area contributed by atoms with Crippen LogP contribution in [-0.2, 0) is 10.0 Å². The van der Waals surface area contributed by atoms with Gasteiger partial charge in [-0.3, -0.25) is 0 Å². The molecule has 1 unspecified atom stereocenters. The van der Waals surface area contributed by atoms with Crippen molar-refractivity contribution in [3.63, 3.8) is 0 Å². The van der Waals surface area contributed by atoms with Gasteiger partial charge in [-0.2, -0.15) is 0 Å². The number of nitrogen functional groups attached to an aromatic ring is 1. The van der Waals surface area contributed by atoms with Crippen LogP contribution in [0.15, 0.2) is 21.5 Å². The van der Waals surface area contributed by atoms with E-state index < -0.39 is 20.7 Å². The van der Waals surface area contributed by atoms with E-state index in [1.54, 1.807) is 0 Å². The van der Waals surface area contributed by atoms with E-state index in [0.29, 0.717) is 17.3 Å². The first-order chi connectivity index (χ1) is 8.81. The Bertz CT molecular complexity index is 549. The summed E-state index contributed by atoms with van der Waals surface area (Å²) in [5.41, 5.74) is 5.79. The molecule has 0 saturated carbocycles. The molecule has 1 atom stereocenters. The van der Waals surface area contributed by atoms with Gasteiger partial charge in [0.1, 0.15) is 10.7 Å². The maximum atomic E-state index is 13.8. The predicted octanol–water partition coefficient (Wildman–Crippen LogP) is 3.03. The zero-order valence-electron chi connectivity index (χ0n) is 10.9. The molecule has 0 saturated heterocycles. The smallest absolute Gasteiger partial charge is 0.243 e. The van der Waals surface area contributed by atoms with Crippen LogP contribution in [0, 0.1) is 5.82 Å². The minimum atomic E-state index is -3.89. The monoisotopic (exact) mass is 352 g/mol. The Morgan fingerprint density at radius 3 is 2.58 bits per heavy atom. The van der Waals surface area contributed by atoms with Crippen molar-refractivity contribution in [1.29, 1.82) is 0 Å². The summed E-state index contributed by atoms with van der Waals surface area (Å²) >= 11 is 3.06. The van der Waals surface area contributed by atoms with E-state index in [1.165, 1.54) is 0 Å². The molecule has 0 aliphatic carbocycles. The Kier molecular flexibility index (Phi) is 5.76. The van der Waals surface area contributed by atoms with E-state index in [4.69, 9.17) is 5.73 Å². The molecule has 0 aliphatic heterocycles. The maximum Gasteiger partial charge on any atom is 0.243 e. The standard InChI is InChI=1S/C12H18BrFN2O2S/c1-3-5-8(4-2)16-19(17,18)12-7-11(15)9(13)6-10(12)14/h6-8,16H,3-5,15H2,1-2H3. The lowest BCUT2D eigenvalue weighted by Crippen LogP contribution is -2.34. The quantitative estimate of drug-likeness (QED) is 0.772. The topological polar surface area (TPSA) is 72.2 Å². The van der Waals surface area contributed by atoms with Crippen molar-refractivity contribution < 1.29 is 12.8 Å². The molecule has 4 nitrogen and oxygen atoms in total. The normalized spacial score (nSPS) is 13.5. The van der Waals surface area contributed by atoms with Crippen molar-refractivity contribution >= 4 is 31.6 Å². The highest BCUT2D eigenvalue weighted by Crippen LogP contribution is 2.26. The molecule has 1 aromatic rings. The first-order valence-electron chi connectivity index (χ1n) is 6.08. The second-order valence-electron chi connectivity index (χ2n) is 4.32. The van der Waals surface area contributed by atoms with Crippen LogP contribution in [0.1, 0.15) is 33.1 Å². The second-order valence-corrected chi connectivity index (χ2v) is 6.86. The predicted molar refractivity (Wildman–Crippen MR) is 77.8 cm³/mol. The average molecular weight is 353 g/mol. The van der Waals surface area contributed by atoms with Crippen LogP contribution < -0.4 is 10.5 Å². The minimum absolute atomic E-state index is 0.185. The van der Waals surface area contributed by atoms with Crippen LogP contribution >= 0.6 is 15.9 Å². The molecule has 108 valence electrons. The molecular formula is C12H18BrFN2O2S. The lowest BCUT2D eigenvalue weighted by molar-refractivity contribution is 0.506. The molecule has 19 heavy (non-hydrogen) atoms. The fourth-order valence-corrected chi connectivity index (χ4v) is 3.49. The van der Waals surface area contributed by atoms with Crippen LogP contribution in [0.3, 0.4) is 0 Å². The third-order valence-corrected chi connectivity index (χ3v) is 5.01. The molecular weight excluding hydrogens is 335 g/mol. The summed E-state index contributed by atoms with van der Waals surface area (Å²) in [7, 11) is -3.89. The molecule has 1 aromatic carbocycles. The Labute approximate surface area is 121 Å². The van der Waals surface area contributed by atoms with Gasteiger partial charge in [-0.1, -0.05) is 20.3 Å². The molecule has 0 bridgehead atoms. The van der Waals surface area contributed by atoms with E-state index in [0.717, 1.165) is 18.6 Å². The lowest BCUT2D eigenvalue weighted by Gasteiger charge is -2.17. The third-order valence-electron chi connectivity index (χ3n) is 2.79. The average Bonchev–Trinajstić information content (AvgIpc) is 2.32. The van der Waals surface area contributed by atoms with Gasteiger partial charge in [0.2, 0.25) is 10.0 Å². The molecule has 0 aromatic heterocycles. The van der Waals surface area contributed by atoms with Crippen molar-refractivity contribution in [1.82, 2.24) is 4.72 Å². The number of hydrogen-bond acceptors (Lipinski definition) is 3. The van der Waals surface area contributed by atoms with Crippen LogP contribution in [0.2, 0.25) is 0 Å². The van der Waals surface area contributed by atoms with Crippen LogP contribution in [-0.4, -0.2) is 14.5 Å². The van der Waals surface area contributed by atoms with Gasteiger partial charge < -0.3 is 5.73 Å². The van der Waals surface area contributed by atoms with E-state index in [9.17, 15) is 12.8 Å². The SMILES string of the molecule is CCCC(CC)NS(=O)(=O)c1cc(N)c(Br)cc1F. The number of hydrogen-bond donors (Lipinski definition) is 2. The number of benzene rings is 1. The molecule has 0 heterocycles. The molecule has 0 radical (unpaired) electrons. The van der Waals surface area contributed by atoms with Crippen molar-refractivity contribution in [2.24, 2.45) is 0 Å². The largest absolute Gasteiger partial charge is 0.398 e. The Balaban J connectivity index is 3.10. The maximum absolute atomic E-state index is 13.8. The van der Waals surface area contributed by atoms with Gasteiger partial charge in [0.05, 0.1) is 0 Å². The molecule has 7 heteroatoms. The highest BCUT2D eigenvalue weighted by molar-refractivity contribution is 9.10. The van der Waals surface area contributed by atoms with Gasteiger partial charge in [0, 0.05) is 16.2 Å².